The van der Waals surface area contributed by atoms with Gasteiger partial charge in [0.25, 0.3) is 0 Å². The summed E-state index contributed by atoms with van der Waals surface area (Å²) in [6.07, 6.45) is 2.77. The molecule has 0 aliphatic carbocycles. The van der Waals surface area contributed by atoms with Gasteiger partial charge in [0.2, 0.25) is 0 Å². The predicted molar refractivity (Wildman–Crippen MR) is 122 cm³/mol. The molecule has 0 bridgehead atoms. The first kappa shape index (κ1) is 21.0. The van der Waals surface area contributed by atoms with Gasteiger partial charge in [-0.05, 0) is 61.2 Å². The molecule has 29 heavy (non-hydrogen) atoms. The Labute approximate surface area is 178 Å². The predicted octanol–water partition coefficient (Wildman–Crippen LogP) is 5.76. The summed E-state index contributed by atoms with van der Waals surface area (Å²) in [7, 11) is 0. The molecule has 5 heteroatoms. The van der Waals surface area contributed by atoms with Gasteiger partial charge in [-0.2, -0.15) is 5.26 Å². The highest BCUT2D eigenvalue weighted by Crippen LogP contribution is 2.31. The van der Waals surface area contributed by atoms with Gasteiger partial charge in [-0.3, -0.25) is 0 Å². The Balaban J connectivity index is 1.75. The molecule has 0 N–H and O–H groups in total. The molecule has 2 aromatic carbocycles. The molecule has 1 aliphatic heterocycles. The van der Waals surface area contributed by atoms with E-state index in [2.05, 4.69) is 42.4 Å². The van der Waals surface area contributed by atoms with E-state index in [1.807, 2.05) is 42.5 Å². The number of hydrogen-bond acceptors (Lipinski definition) is 3. The number of allylic oxidation sites excluding steroid dienone is 1. The summed E-state index contributed by atoms with van der Waals surface area (Å²) in [5, 5.41) is 10.0. The molecule has 1 aliphatic rings. The molecule has 0 saturated carbocycles. The second-order valence-corrected chi connectivity index (χ2v) is 7.86. The summed E-state index contributed by atoms with van der Waals surface area (Å²) in [6, 6.07) is 16.0. The minimum absolute atomic E-state index is 0.270. The first-order valence-electron chi connectivity index (χ1n) is 9.97. The summed E-state index contributed by atoms with van der Waals surface area (Å²) in [4.78, 5) is 9.61. The van der Waals surface area contributed by atoms with Gasteiger partial charge in [-0.25, -0.2) is 4.99 Å². The van der Waals surface area contributed by atoms with Gasteiger partial charge in [0, 0.05) is 36.9 Å². The molecule has 0 spiro atoms. The number of nitriles is 1. The van der Waals surface area contributed by atoms with Crippen molar-refractivity contribution >= 4 is 28.8 Å². The Morgan fingerprint density at radius 2 is 2.00 bits per heavy atom. The monoisotopic (exact) mass is 406 g/mol. The van der Waals surface area contributed by atoms with Crippen LogP contribution >= 0.6 is 11.6 Å². The third-order valence-corrected chi connectivity index (χ3v) is 5.64. The van der Waals surface area contributed by atoms with Gasteiger partial charge < -0.3 is 9.80 Å². The van der Waals surface area contributed by atoms with Crippen molar-refractivity contribution < 1.29 is 0 Å². The largest absolute Gasteiger partial charge is 0.368 e. The lowest BCUT2D eigenvalue weighted by molar-refractivity contribution is 0.384. The summed E-state index contributed by atoms with van der Waals surface area (Å²) in [6.45, 7) is 11.7. The van der Waals surface area contributed by atoms with Gasteiger partial charge in [-0.15, -0.1) is 6.58 Å². The van der Waals surface area contributed by atoms with Crippen molar-refractivity contribution in [3.05, 3.63) is 71.3 Å². The minimum atomic E-state index is 0.270. The highest BCUT2D eigenvalue weighted by Gasteiger charge is 2.19. The summed E-state index contributed by atoms with van der Waals surface area (Å²) in [5.41, 5.74) is 3.87. The smallest absolute Gasteiger partial charge is 0.102 e. The number of rotatable bonds is 5. The van der Waals surface area contributed by atoms with Crippen LogP contribution in [0.3, 0.4) is 0 Å². The third-order valence-electron chi connectivity index (χ3n) is 5.40. The number of anilines is 1. The third kappa shape index (κ3) is 5.19. The van der Waals surface area contributed by atoms with Gasteiger partial charge in [0.1, 0.15) is 5.84 Å². The standard InChI is InChI=1S/C24H27ClN4/c1-4-6-18(2)23-15-20(17-26)9-10-24(23)27-19(3)28-11-13-29(14-12-28)22-8-5-7-21(25)16-22/h4-5,7-10,15-16,18H,1,6,11-14H2,2-3H3. The van der Waals surface area contributed by atoms with Crippen LogP contribution in [0.15, 0.2) is 60.1 Å². The van der Waals surface area contributed by atoms with Crippen molar-refractivity contribution in [2.75, 3.05) is 31.1 Å². The number of halogens is 1. The van der Waals surface area contributed by atoms with E-state index in [0.717, 1.165) is 54.7 Å². The van der Waals surface area contributed by atoms with Gasteiger partial charge >= 0.3 is 0 Å². The minimum Gasteiger partial charge on any atom is -0.368 e. The van der Waals surface area contributed by atoms with Crippen molar-refractivity contribution in [3.8, 4) is 6.07 Å². The maximum absolute atomic E-state index is 9.26. The second kappa shape index (κ2) is 9.62. The van der Waals surface area contributed by atoms with Gasteiger partial charge in [0.15, 0.2) is 0 Å². The molecule has 0 aromatic heterocycles. The zero-order valence-corrected chi connectivity index (χ0v) is 17.9. The number of amidine groups is 1. The number of hydrogen-bond donors (Lipinski definition) is 0. The van der Waals surface area contributed by atoms with Gasteiger partial charge in [0.05, 0.1) is 17.3 Å². The van der Waals surface area contributed by atoms with Crippen LogP contribution in [0.2, 0.25) is 5.02 Å². The Morgan fingerprint density at radius 1 is 1.24 bits per heavy atom. The SMILES string of the molecule is C=CCC(C)c1cc(C#N)ccc1N=C(C)N1CCN(c2cccc(Cl)c2)CC1. The summed E-state index contributed by atoms with van der Waals surface area (Å²) >= 11 is 6.14. The number of aliphatic imine (C=N–C) groups is 1. The van der Waals surface area contributed by atoms with Crippen LogP contribution in [0, 0.1) is 11.3 Å². The van der Waals surface area contributed by atoms with Crippen molar-refractivity contribution in [1.29, 1.82) is 5.26 Å². The Bertz CT molecular complexity index is 936. The Kier molecular flexibility index (Phi) is 6.95. The van der Waals surface area contributed by atoms with E-state index >= 15 is 0 Å². The molecular weight excluding hydrogens is 380 g/mol. The molecule has 0 amide bonds. The maximum Gasteiger partial charge on any atom is 0.102 e. The lowest BCUT2D eigenvalue weighted by Gasteiger charge is -2.37. The van der Waals surface area contributed by atoms with Crippen molar-refractivity contribution in [1.82, 2.24) is 4.90 Å². The van der Waals surface area contributed by atoms with E-state index in [9.17, 15) is 5.26 Å². The van der Waals surface area contributed by atoms with E-state index in [4.69, 9.17) is 16.6 Å². The summed E-state index contributed by atoms with van der Waals surface area (Å²) < 4.78 is 0. The van der Waals surface area contributed by atoms with E-state index in [1.54, 1.807) is 0 Å². The number of piperazine rings is 1. The van der Waals surface area contributed by atoms with Crippen LogP contribution in [-0.4, -0.2) is 36.9 Å². The lowest BCUT2D eigenvalue weighted by atomic mass is 9.94. The molecule has 0 radical (unpaired) electrons. The fourth-order valence-electron chi connectivity index (χ4n) is 3.70. The zero-order chi connectivity index (χ0) is 20.8. The molecule has 4 nitrogen and oxygen atoms in total. The first-order chi connectivity index (χ1) is 14.0. The van der Waals surface area contributed by atoms with Crippen LogP contribution < -0.4 is 4.90 Å². The Hall–Kier alpha value is -2.77. The van der Waals surface area contributed by atoms with Gasteiger partial charge in [-0.1, -0.05) is 30.7 Å². The lowest BCUT2D eigenvalue weighted by Crippen LogP contribution is -2.48. The van der Waals surface area contributed by atoms with E-state index in [1.165, 1.54) is 5.69 Å². The first-order valence-corrected chi connectivity index (χ1v) is 10.4. The van der Waals surface area contributed by atoms with Crippen LogP contribution in [0.5, 0.6) is 0 Å². The van der Waals surface area contributed by atoms with Crippen molar-refractivity contribution in [2.24, 2.45) is 4.99 Å². The van der Waals surface area contributed by atoms with E-state index in [0.29, 0.717) is 5.56 Å². The molecule has 1 saturated heterocycles. The van der Waals surface area contributed by atoms with E-state index < -0.39 is 0 Å². The number of nitrogens with zero attached hydrogens (tertiary/aromatic N) is 4. The molecule has 1 fully saturated rings. The Morgan fingerprint density at radius 3 is 2.66 bits per heavy atom. The fourth-order valence-corrected chi connectivity index (χ4v) is 3.89. The quantitative estimate of drug-likeness (QED) is 0.360. The second-order valence-electron chi connectivity index (χ2n) is 7.42. The molecule has 3 rings (SSSR count). The summed E-state index contributed by atoms with van der Waals surface area (Å²) in [5.74, 6) is 1.28. The van der Waals surface area contributed by atoms with Crippen LogP contribution in [0.4, 0.5) is 11.4 Å². The molecule has 1 atom stereocenters. The maximum atomic E-state index is 9.26. The normalized spacial score (nSPS) is 15.7. The fraction of sp³-hybridized carbons (Fsp3) is 0.333. The molecule has 1 heterocycles. The zero-order valence-electron chi connectivity index (χ0n) is 17.1. The topological polar surface area (TPSA) is 42.6 Å². The van der Waals surface area contributed by atoms with Crippen molar-refractivity contribution in [2.45, 2.75) is 26.2 Å². The van der Waals surface area contributed by atoms with Crippen LogP contribution in [0.25, 0.3) is 0 Å². The highest BCUT2D eigenvalue weighted by molar-refractivity contribution is 6.30. The molecule has 2 aromatic rings. The van der Waals surface area contributed by atoms with Crippen LogP contribution in [0.1, 0.15) is 37.3 Å². The molecule has 150 valence electrons. The average Bonchev–Trinajstić information content (AvgIpc) is 2.74. The van der Waals surface area contributed by atoms with Crippen LogP contribution in [-0.2, 0) is 0 Å². The number of benzene rings is 2. The highest BCUT2D eigenvalue weighted by atomic mass is 35.5. The van der Waals surface area contributed by atoms with E-state index in [-0.39, 0.29) is 5.92 Å². The van der Waals surface area contributed by atoms with Crippen molar-refractivity contribution in [3.63, 3.8) is 0 Å². The average molecular weight is 407 g/mol. The molecule has 1 unspecified atom stereocenters. The molecular formula is C24H27ClN4.